The third-order valence-electron chi connectivity index (χ3n) is 2.87. The number of benzene rings is 1. The van der Waals surface area contributed by atoms with Crippen molar-refractivity contribution in [3.8, 4) is 5.75 Å². The van der Waals surface area contributed by atoms with E-state index in [1.54, 1.807) is 0 Å². The lowest BCUT2D eigenvalue weighted by Crippen LogP contribution is -2.16. The van der Waals surface area contributed by atoms with Crippen LogP contribution in [0.15, 0.2) is 24.3 Å². The lowest BCUT2D eigenvalue weighted by Gasteiger charge is -2.10. The largest absolute Gasteiger partial charge is 0.491 e. The van der Waals surface area contributed by atoms with E-state index in [0.29, 0.717) is 13.2 Å². The highest BCUT2D eigenvalue weighted by Gasteiger charge is 1.97. The van der Waals surface area contributed by atoms with Crippen molar-refractivity contribution in [3.05, 3.63) is 29.8 Å². The summed E-state index contributed by atoms with van der Waals surface area (Å²) in [4.78, 5) is 2.16. The van der Waals surface area contributed by atoms with Crippen molar-refractivity contribution in [1.29, 1.82) is 0 Å². The molecular weight excluding hydrogens is 252 g/mol. The molecule has 1 N–H and O–H groups in total. The molecule has 0 radical (unpaired) electrons. The van der Waals surface area contributed by atoms with E-state index in [9.17, 15) is 0 Å². The van der Waals surface area contributed by atoms with Gasteiger partial charge in [-0.05, 0) is 51.3 Å². The molecular formula is C16H28N2O2. The predicted octanol–water partition coefficient (Wildman–Crippen LogP) is 2.14. The third kappa shape index (κ3) is 8.15. The van der Waals surface area contributed by atoms with E-state index in [1.807, 2.05) is 12.1 Å². The summed E-state index contributed by atoms with van der Waals surface area (Å²) in [5.74, 6) is 0.914. The Bertz CT molecular complexity index is 356. The van der Waals surface area contributed by atoms with Crippen LogP contribution in [0.25, 0.3) is 0 Å². The van der Waals surface area contributed by atoms with Crippen LogP contribution in [0.1, 0.15) is 18.9 Å². The molecule has 0 aromatic heterocycles. The SMILES string of the molecule is CCNCc1cccc(OCCOCCCN(C)C)c1. The van der Waals surface area contributed by atoms with Crippen LogP contribution in [-0.2, 0) is 11.3 Å². The highest BCUT2D eigenvalue weighted by atomic mass is 16.5. The number of rotatable bonds is 11. The first kappa shape index (κ1) is 17.0. The average Bonchev–Trinajstić information content (AvgIpc) is 2.44. The molecule has 0 heterocycles. The van der Waals surface area contributed by atoms with Crippen LogP contribution in [0.2, 0.25) is 0 Å². The van der Waals surface area contributed by atoms with Crippen molar-refractivity contribution >= 4 is 0 Å². The van der Waals surface area contributed by atoms with Crippen LogP contribution in [0.5, 0.6) is 5.75 Å². The second-order valence-electron chi connectivity index (χ2n) is 5.05. The minimum atomic E-state index is 0.604. The summed E-state index contributed by atoms with van der Waals surface area (Å²) in [5.41, 5.74) is 1.25. The smallest absolute Gasteiger partial charge is 0.119 e. The van der Waals surface area contributed by atoms with E-state index in [0.717, 1.165) is 38.4 Å². The lowest BCUT2D eigenvalue weighted by atomic mass is 10.2. The number of nitrogens with one attached hydrogen (secondary N) is 1. The summed E-state index contributed by atoms with van der Waals surface area (Å²) in [6.07, 6.45) is 1.06. The zero-order chi connectivity index (χ0) is 14.6. The van der Waals surface area contributed by atoms with Crippen LogP contribution in [0.3, 0.4) is 0 Å². The molecule has 0 bridgehead atoms. The quantitative estimate of drug-likeness (QED) is 0.630. The number of hydrogen-bond acceptors (Lipinski definition) is 4. The Kier molecular flexibility index (Phi) is 9.04. The second kappa shape index (κ2) is 10.7. The average molecular weight is 280 g/mol. The monoisotopic (exact) mass is 280 g/mol. The fourth-order valence-corrected chi connectivity index (χ4v) is 1.82. The van der Waals surface area contributed by atoms with Gasteiger partial charge in [0.15, 0.2) is 0 Å². The van der Waals surface area contributed by atoms with Gasteiger partial charge < -0.3 is 19.7 Å². The highest BCUT2D eigenvalue weighted by molar-refractivity contribution is 5.28. The van der Waals surface area contributed by atoms with Crippen LogP contribution in [0.4, 0.5) is 0 Å². The van der Waals surface area contributed by atoms with Gasteiger partial charge in [0.25, 0.3) is 0 Å². The summed E-state index contributed by atoms with van der Waals surface area (Å²) in [5, 5.41) is 3.31. The van der Waals surface area contributed by atoms with E-state index >= 15 is 0 Å². The molecule has 20 heavy (non-hydrogen) atoms. The Hall–Kier alpha value is -1.10. The molecule has 0 atom stereocenters. The minimum absolute atomic E-state index is 0.604. The molecule has 4 nitrogen and oxygen atoms in total. The maximum atomic E-state index is 5.69. The standard InChI is InChI=1S/C16H28N2O2/c1-4-17-14-15-7-5-8-16(13-15)20-12-11-19-10-6-9-18(2)3/h5,7-8,13,17H,4,6,9-12,14H2,1-3H3. The normalized spacial score (nSPS) is 11.0. The Labute approximate surface area is 123 Å². The van der Waals surface area contributed by atoms with Crippen molar-refractivity contribution in [1.82, 2.24) is 10.2 Å². The van der Waals surface area contributed by atoms with E-state index in [2.05, 4.69) is 43.4 Å². The van der Waals surface area contributed by atoms with E-state index in [-0.39, 0.29) is 0 Å². The predicted molar refractivity (Wildman–Crippen MR) is 83.3 cm³/mol. The van der Waals surface area contributed by atoms with Gasteiger partial charge in [-0.2, -0.15) is 0 Å². The lowest BCUT2D eigenvalue weighted by molar-refractivity contribution is 0.0946. The van der Waals surface area contributed by atoms with Crippen LogP contribution < -0.4 is 10.1 Å². The summed E-state index contributed by atoms with van der Waals surface area (Å²) in [6, 6.07) is 8.20. The molecule has 0 unspecified atom stereocenters. The van der Waals surface area contributed by atoms with Gasteiger partial charge in [-0.25, -0.2) is 0 Å². The Morgan fingerprint density at radius 2 is 2.00 bits per heavy atom. The van der Waals surface area contributed by atoms with Crippen molar-refractivity contribution in [2.75, 3.05) is 47.0 Å². The van der Waals surface area contributed by atoms with Gasteiger partial charge in [-0.1, -0.05) is 19.1 Å². The van der Waals surface area contributed by atoms with Gasteiger partial charge in [0.1, 0.15) is 12.4 Å². The number of hydrogen-bond donors (Lipinski definition) is 1. The van der Waals surface area contributed by atoms with Crippen molar-refractivity contribution in [2.45, 2.75) is 19.9 Å². The molecule has 0 fully saturated rings. The van der Waals surface area contributed by atoms with E-state index in [4.69, 9.17) is 9.47 Å². The summed E-state index contributed by atoms with van der Waals surface area (Å²) >= 11 is 0. The molecule has 0 amide bonds. The summed E-state index contributed by atoms with van der Waals surface area (Å²) in [7, 11) is 4.15. The first-order chi connectivity index (χ1) is 9.72. The molecule has 0 aliphatic rings. The first-order valence-electron chi connectivity index (χ1n) is 7.37. The maximum absolute atomic E-state index is 5.69. The van der Waals surface area contributed by atoms with E-state index in [1.165, 1.54) is 5.56 Å². The van der Waals surface area contributed by atoms with Gasteiger partial charge in [0.05, 0.1) is 6.61 Å². The maximum Gasteiger partial charge on any atom is 0.119 e. The van der Waals surface area contributed by atoms with Crippen molar-refractivity contribution < 1.29 is 9.47 Å². The molecule has 0 saturated heterocycles. The summed E-state index contributed by atoms with van der Waals surface area (Å²) < 4.78 is 11.2. The van der Waals surface area contributed by atoms with Gasteiger partial charge >= 0.3 is 0 Å². The van der Waals surface area contributed by atoms with Crippen molar-refractivity contribution in [2.24, 2.45) is 0 Å². The Balaban J connectivity index is 2.12. The molecule has 1 rings (SSSR count). The molecule has 114 valence electrons. The topological polar surface area (TPSA) is 33.7 Å². The molecule has 1 aromatic rings. The molecule has 0 spiro atoms. The highest BCUT2D eigenvalue weighted by Crippen LogP contribution is 2.13. The molecule has 0 aliphatic carbocycles. The molecule has 0 saturated carbocycles. The number of nitrogens with zero attached hydrogens (tertiary/aromatic N) is 1. The minimum Gasteiger partial charge on any atom is -0.491 e. The van der Waals surface area contributed by atoms with Crippen LogP contribution in [-0.4, -0.2) is 51.9 Å². The second-order valence-corrected chi connectivity index (χ2v) is 5.05. The van der Waals surface area contributed by atoms with Gasteiger partial charge in [0.2, 0.25) is 0 Å². The zero-order valence-corrected chi connectivity index (χ0v) is 13.0. The zero-order valence-electron chi connectivity index (χ0n) is 13.0. The van der Waals surface area contributed by atoms with Gasteiger partial charge in [-0.15, -0.1) is 0 Å². The fraction of sp³-hybridized carbons (Fsp3) is 0.625. The number of ether oxygens (including phenoxy) is 2. The van der Waals surface area contributed by atoms with Crippen LogP contribution >= 0.6 is 0 Å². The molecule has 0 aliphatic heterocycles. The third-order valence-corrected chi connectivity index (χ3v) is 2.87. The first-order valence-corrected chi connectivity index (χ1v) is 7.37. The van der Waals surface area contributed by atoms with Gasteiger partial charge in [-0.3, -0.25) is 0 Å². The van der Waals surface area contributed by atoms with Gasteiger partial charge in [0, 0.05) is 13.2 Å². The fourth-order valence-electron chi connectivity index (χ4n) is 1.82. The van der Waals surface area contributed by atoms with Crippen LogP contribution in [0, 0.1) is 0 Å². The molecule has 1 aromatic carbocycles. The molecule has 4 heteroatoms. The Morgan fingerprint density at radius 3 is 2.75 bits per heavy atom. The Morgan fingerprint density at radius 1 is 1.15 bits per heavy atom. The van der Waals surface area contributed by atoms with Crippen molar-refractivity contribution in [3.63, 3.8) is 0 Å². The summed E-state index contributed by atoms with van der Waals surface area (Å²) in [6.45, 7) is 7.07. The van der Waals surface area contributed by atoms with E-state index < -0.39 is 0 Å².